The molecule has 0 N–H and O–H groups in total. The first-order valence-electron chi connectivity index (χ1n) is 11.5. The van der Waals surface area contributed by atoms with Crippen LogP contribution in [0.1, 0.15) is 63.0 Å². The van der Waals surface area contributed by atoms with Gasteiger partial charge >= 0.3 is 6.09 Å². The number of hydrogen-bond acceptors (Lipinski definition) is 5. The lowest BCUT2D eigenvalue weighted by Crippen LogP contribution is -2.45. The SMILES string of the molecule is CC(C)(C)OC(=O)N1CCC(n2cccc2C(=O)N2CCCC(C3OCCO3)C2)CC1. The van der Waals surface area contributed by atoms with Crippen LogP contribution in [0, 0.1) is 5.92 Å². The first-order valence-corrected chi connectivity index (χ1v) is 11.5. The molecule has 3 saturated heterocycles. The molecule has 4 heterocycles. The van der Waals surface area contributed by atoms with Crippen molar-refractivity contribution in [2.45, 2.75) is 64.4 Å². The molecule has 1 unspecified atom stereocenters. The van der Waals surface area contributed by atoms with Crippen LogP contribution < -0.4 is 0 Å². The number of piperidine rings is 2. The molecule has 3 aliphatic rings. The summed E-state index contributed by atoms with van der Waals surface area (Å²) in [4.78, 5) is 29.4. The van der Waals surface area contributed by atoms with Gasteiger partial charge in [0.1, 0.15) is 11.3 Å². The molecule has 0 saturated carbocycles. The van der Waals surface area contributed by atoms with Gasteiger partial charge in [-0.1, -0.05) is 0 Å². The number of aromatic nitrogens is 1. The Balaban J connectivity index is 1.37. The van der Waals surface area contributed by atoms with E-state index in [1.165, 1.54) is 0 Å². The minimum absolute atomic E-state index is 0.0715. The third kappa shape index (κ3) is 5.23. The molecule has 31 heavy (non-hydrogen) atoms. The van der Waals surface area contributed by atoms with Crippen LogP contribution in [0.4, 0.5) is 4.79 Å². The second-order valence-electron chi connectivity index (χ2n) is 9.76. The minimum Gasteiger partial charge on any atom is -0.444 e. The maximum atomic E-state index is 13.4. The van der Waals surface area contributed by atoms with E-state index in [9.17, 15) is 9.59 Å². The van der Waals surface area contributed by atoms with Crippen molar-refractivity contribution >= 4 is 12.0 Å². The average molecular weight is 434 g/mol. The van der Waals surface area contributed by atoms with Crippen molar-refractivity contribution < 1.29 is 23.8 Å². The van der Waals surface area contributed by atoms with Crippen LogP contribution >= 0.6 is 0 Å². The molecule has 1 aromatic rings. The largest absolute Gasteiger partial charge is 0.444 e. The molecule has 4 rings (SSSR count). The topological polar surface area (TPSA) is 73.2 Å². The van der Waals surface area contributed by atoms with Gasteiger partial charge in [0.25, 0.3) is 5.91 Å². The van der Waals surface area contributed by atoms with Crippen LogP contribution in [0.15, 0.2) is 18.3 Å². The number of ether oxygens (including phenoxy) is 3. The Morgan fingerprint density at radius 3 is 2.42 bits per heavy atom. The summed E-state index contributed by atoms with van der Waals surface area (Å²) in [5, 5.41) is 0. The fourth-order valence-corrected chi connectivity index (χ4v) is 4.77. The molecule has 8 nitrogen and oxygen atoms in total. The van der Waals surface area contributed by atoms with E-state index >= 15 is 0 Å². The summed E-state index contributed by atoms with van der Waals surface area (Å²) in [6, 6.07) is 4.06. The smallest absolute Gasteiger partial charge is 0.410 e. The highest BCUT2D eigenvalue weighted by Gasteiger charge is 2.34. The van der Waals surface area contributed by atoms with E-state index in [2.05, 4.69) is 4.57 Å². The zero-order valence-corrected chi connectivity index (χ0v) is 18.9. The lowest BCUT2D eigenvalue weighted by Gasteiger charge is -2.36. The van der Waals surface area contributed by atoms with Crippen molar-refractivity contribution in [2.24, 2.45) is 5.92 Å². The fraction of sp³-hybridized carbons (Fsp3) is 0.739. The highest BCUT2D eigenvalue weighted by Crippen LogP contribution is 2.29. The number of likely N-dealkylation sites (tertiary alicyclic amines) is 2. The third-order valence-electron chi connectivity index (χ3n) is 6.29. The predicted octanol–water partition coefficient (Wildman–Crippen LogP) is 3.29. The molecule has 0 spiro atoms. The van der Waals surface area contributed by atoms with E-state index in [1.54, 1.807) is 4.90 Å². The highest BCUT2D eigenvalue weighted by atomic mass is 16.7. The van der Waals surface area contributed by atoms with Crippen LogP contribution in [-0.4, -0.2) is 77.7 Å². The molecule has 172 valence electrons. The summed E-state index contributed by atoms with van der Waals surface area (Å²) in [6.45, 7) is 9.62. The summed E-state index contributed by atoms with van der Waals surface area (Å²) < 4.78 is 19.0. The molecule has 0 radical (unpaired) electrons. The second-order valence-corrected chi connectivity index (χ2v) is 9.76. The van der Waals surface area contributed by atoms with E-state index in [-0.39, 0.29) is 30.3 Å². The molecule has 0 aliphatic carbocycles. The number of hydrogen-bond donors (Lipinski definition) is 0. The maximum Gasteiger partial charge on any atom is 0.410 e. The lowest BCUT2D eigenvalue weighted by molar-refractivity contribution is -0.0969. The number of rotatable bonds is 3. The van der Waals surface area contributed by atoms with E-state index in [1.807, 2.05) is 44.0 Å². The third-order valence-corrected chi connectivity index (χ3v) is 6.29. The highest BCUT2D eigenvalue weighted by molar-refractivity contribution is 5.93. The maximum absolute atomic E-state index is 13.4. The van der Waals surface area contributed by atoms with Crippen molar-refractivity contribution in [3.8, 4) is 0 Å². The first kappa shape index (κ1) is 22.1. The summed E-state index contributed by atoms with van der Waals surface area (Å²) in [6.07, 6.45) is 5.16. The Hall–Kier alpha value is -2.06. The minimum atomic E-state index is -0.491. The fourth-order valence-electron chi connectivity index (χ4n) is 4.77. The molecular formula is C23H35N3O5. The van der Waals surface area contributed by atoms with Crippen LogP contribution in [-0.2, 0) is 14.2 Å². The van der Waals surface area contributed by atoms with Gasteiger partial charge in [-0.2, -0.15) is 0 Å². The average Bonchev–Trinajstić information content (AvgIpc) is 3.44. The van der Waals surface area contributed by atoms with Crippen molar-refractivity contribution in [3.05, 3.63) is 24.0 Å². The summed E-state index contributed by atoms with van der Waals surface area (Å²) in [5.74, 6) is 0.308. The first-order chi connectivity index (χ1) is 14.8. The molecule has 3 fully saturated rings. The van der Waals surface area contributed by atoms with Gasteiger partial charge in [0.05, 0.1) is 13.2 Å². The van der Waals surface area contributed by atoms with E-state index in [0.29, 0.717) is 32.8 Å². The Bertz CT molecular complexity index is 772. The molecule has 1 atom stereocenters. The predicted molar refractivity (Wildman–Crippen MR) is 115 cm³/mol. The van der Waals surface area contributed by atoms with E-state index < -0.39 is 5.60 Å². The van der Waals surface area contributed by atoms with E-state index in [0.717, 1.165) is 37.9 Å². The van der Waals surface area contributed by atoms with Gasteiger partial charge < -0.3 is 28.6 Å². The zero-order chi connectivity index (χ0) is 22.0. The van der Waals surface area contributed by atoms with E-state index in [4.69, 9.17) is 14.2 Å². The van der Waals surface area contributed by atoms with Crippen LogP contribution in [0.2, 0.25) is 0 Å². The number of carbonyl (C=O) groups excluding carboxylic acids is 2. The van der Waals surface area contributed by atoms with Crippen LogP contribution in [0.25, 0.3) is 0 Å². The summed E-state index contributed by atoms with van der Waals surface area (Å²) in [5.41, 5.74) is 0.235. The number of amides is 2. The molecule has 3 aliphatic heterocycles. The normalized spacial score (nSPS) is 23.9. The molecule has 1 aromatic heterocycles. The zero-order valence-electron chi connectivity index (χ0n) is 18.9. The van der Waals surface area contributed by atoms with Gasteiger partial charge in [-0.05, 0) is 58.6 Å². The van der Waals surface area contributed by atoms with Gasteiger partial charge in [0.2, 0.25) is 0 Å². The van der Waals surface area contributed by atoms with Crippen molar-refractivity contribution in [1.29, 1.82) is 0 Å². The molecule has 0 bridgehead atoms. The molecular weight excluding hydrogens is 398 g/mol. The Morgan fingerprint density at radius 2 is 1.74 bits per heavy atom. The van der Waals surface area contributed by atoms with Gasteiger partial charge in [-0.25, -0.2) is 4.79 Å². The monoisotopic (exact) mass is 433 g/mol. The van der Waals surface area contributed by atoms with Gasteiger partial charge in [0, 0.05) is 44.3 Å². The molecule has 0 aromatic carbocycles. The van der Waals surface area contributed by atoms with Crippen molar-refractivity contribution in [1.82, 2.24) is 14.4 Å². The molecule has 8 heteroatoms. The summed E-state index contributed by atoms with van der Waals surface area (Å²) in [7, 11) is 0. The van der Waals surface area contributed by atoms with Crippen molar-refractivity contribution in [3.63, 3.8) is 0 Å². The second kappa shape index (κ2) is 9.20. The number of carbonyl (C=O) groups is 2. The van der Waals surface area contributed by atoms with Crippen molar-refractivity contribution in [2.75, 3.05) is 39.4 Å². The van der Waals surface area contributed by atoms with Crippen LogP contribution in [0.5, 0.6) is 0 Å². The van der Waals surface area contributed by atoms with Gasteiger partial charge in [0.15, 0.2) is 6.29 Å². The number of nitrogens with zero attached hydrogens (tertiary/aromatic N) is 3. The molecule has 2 amide bonds. The Kier molecular flexibility index (Phi) is 6.57. The summed E-state index contributed by atoms with van der Waals surface area (Å²) >= 11 is 0. The quantitative estimate of drug-likeness (QED) is 0.731. The Labute approximate surface area is 184 Å². The Morgan fingerprint density at radius 1 is 1.03 bits per heavy atom. The van der Waals surface area contributed by atoms with Crippen LogP contribution in [0.3, 0.4) is 0 Å². The standard InChI is InChI=1S/C23H35N3O5/c1-23(2,3)31-22(28)24-12-8-18(9-13-24)26-11-5-7-19(26)20(27)25-10-4-6-17(16-25)21-29-14-15-30-21/h5,7,11,17-18,21H,4,6,8-10,12-16H2,1-3H3. The van der Waals surface area contributed by atoms with Gasteiger partial charge in [-0.15, -0.1) is 0 Å². The lowest BCUT2D eigenvalue weighted by atomic mass is 9.97. The van der Waals surface area contributed by atoms with Gasteiger partial charge in [-0.3, -0.25) is 4.79 Å².